The van der Waals surface area contributed by atoms with Crippen molar-refractivity contribution >= 4 is 17.4 Å². The minimum atomic E-state index is -0.708. The van der Waals surface area contributed by atoms with Crippen molar-refractivity contribution in [1.82, 2.24) is 0 Å². The summed E-state index contributed by atoms with van der Waals surface area (Å²) in [5.74, 6) is -0.414. The summed E-state index contributed by atoms with van der Waals surface area (Å²) in [6.07, 6.45) is 0.250. The second-order valence-electron chi connectivity index (χ2n) is 5.65. The zero-order chi connectivity index (χ0) is 18.5. The lowest BCUT2D eigenvalue weighted by molar-refractivity contribution is 0.0983. The summed E-state index contributed by atoms with van der Waals surface area (Å²) in [5, 5.41) is 2.53. The predicted octanol–water partition coefficient (Wildman–Crippen LogP) is 4.15. The van der Waals surface area contributed by atoms with Crippen LogP contribution in [0.3, 0.4) is 0 Å². The predicted molar refractivity (Wildman–Crippen MR) is 99.4 cm³/mol. The number of anilines is 1. The van der Waals surface area contributed by atoms with Crippen LogP contribution in [-0.2, 0) is 0 Å². The maximum Gasteiger partial charge on any atom is 0.360 e. The monoisotopic (exact) mass is 347 g/mol. The molecule has 0 aliphatic carbocycles. The van der Waals surface area contributed by atoms with Gasteiger partial charge >= 0.3 is 5.63 Å². The highest BCUT2D eigenvalue weighted by molar-refractivity contribution is 6.06. The van der Waals surface area contributed by atoms with E-state index in [2.05, 4.69) is 5.32 Å². The fraction of sp³-hybridized carbons (Fsp3) is 0.0952. The number of ketones is 1. The molecule has 3 aromatic rings. The highest BCUT2D eigenvalue weighted by Crippen LogP contribution is 2.25. The second kappa shape index (κ2) is 7.61. The molecule has 0 atom stereocenters. The van der Waals surface area contributed by atoms with E-state index in [1.165, 1.54) is 6.07 Å². The molecular formula is C21H17NO4. The SMILES string of the molecule is CCC(=O)c1cc(NC(=O)c2ccccc2)c(=O)oc1-c1ccccc1. The van der Waals surface area contributed by atoms with E-state index in [4.69, 9.17) is 4.42 Å². The highest BCUT2D eigenvalue weighted by Gasteiger charge is 2.19. The first-order valence-corrected chi connectivity index (χ1v) is 8.23. The molecule has 1 N–H and O–H groups in total. The standard InChI is InChI=1S/C21H17NO4/c1-2-18(23)16-13-17(22-20(24)15-11-7-4-8-12-15)21(25)26-19(16)14-9-5-3-6-10-14/h3-13H,2H2,1H3,(H,22,24). The van der Waals surface area contributed by atoms with Crippen LogP contribution in [0, 0.1) is 0 Å². The Balaban J connectivity index is 2.04. The molecule has 5 nitrogen and oxygen atoms in total. The normalized spacial score (nSPS) is 10.3. The van der Waals surface area contributed by atoms with Crippen LogP contribution in [0.25, 0.3) is 11.3 Å². The number of nitrogens with one attached hydrogen (secondary N) is 1. The number of hydrogen-bond donors (Lipinski definition) is 1. The molecule has 0 aliphatic rings. The molecule has 0 unspecified atom stereocenters. The molecule has 130 valence electrons. The summed E-state index contributed by atoms with van der Waals surface area (Å²) in [4.78, 5) is 37.0. The van der Waals surface area contributed by atoms with Crippen LogP contribution in [0.5, 0.6) is 0 Å². The van der Waals surface area contributed by atoms with E-state index in [0.717, 1.165) is 0 Å². The van der Waals surface area contributed by atoms with E-state index in [1.54, 1.807) is 61.5 Å². The quantitative estimate of drug-likeness (QED) is 0.703. The number of Topliss-reactive ketones (excluding diaryl/α,β-unsaturated/α-hetero) is 1. The van der Waals surface area contributed by atoms with E-state index >= 15 is 0 Å². The van der Waals surface area contributed by atoms with Crippen molar-refractivity contribution in [2.75, 3.05) is 5.32 Å². The summed E-state index contributed by atoms with van der Waals surface area (Å²) >= 11 is 0. The van der Waals surface area contributed by atoms with Crippen LogP contribution >= 0.6 is 0 Å². The van der Waals surface area contributed by atoms with E-state index < -0.39 is 11.5 Å². The Morgan fingerprint density at radius 3 is 2.19 bits per heavy atom. The zero-order valence-electron chi connectivity index (χ0n) is 14.2. The van der Waals surface area contributed by atoms with Crippen LogP contribution in [0.2, 0.25) is 0 Å². The molecule has 0 saturated heterocycles. The molecule has 3 rings (SSSR count). The third kappa shape index (κ3) is 3.62. The summed E-state index contributed by atoms with van der Waals surface area (Å²) in [6.45, 7) is 1.73. The Labute approximate surface area is 150 Å². The molecular weight excluding hydrogens is 330 g/mol. The maximum absolute atomic E-state index is 12.4. The Kier molecular flexibility index (Phi) is 5.08. The first-order chi connectivity index (χ1) is 12.6. The Morgan fingerprint density at radius 2 is 1.58 bits per heavy atom. The number of rotatable bonds is 5. The van der Waals surface area contributed by atoms with E-state index in [0.29, 0.717) is 11.1 Å². The van der Waals surface area contributed by atoms with Gasteiger partial charge in [-0.1, -0.05) is 55.5 Å². The lowest BCUT2D eigenvalue weighted by Crippen LogP contribution is -2.19. The van der Waals surface area contributed by atoms with Gasteiger partial charge in [0.05, 0.1) is 5.56 Å². The second-order valence-corrected chi connectivity index (χ2v) is 5.65. The summed E-state index contributed by atoms with van der Waals surface area (Å²) in [6, 6.07) is 18.8. The van der Waals surface area contributed by atoms with Crippen LogP contribution in [0.1, 0.15) is 34.1 Å². The number of amides is 1. The van der Waals surface area contributed by atoms with Crippen LogP contribution in [-0.4, -0.2) is 11.7 Å². The fourth-order valence-electron chi connectivity index (χ4n) is 2.54. The molecule has 0 bridgehead atoms. The fourth-order valence-corrected chi connectivity index (χ4v) is 2.54. The van der Waals surface area contributed by atoms with Gasteiger partial charge in [-0.15, -0.1) is 0 Å². The van der Waals surface area contributed by atoms with E-state index in [9.17, 15) is 14.4 Å². The van der Waals surface area contributed by atoms with Crippen molar-refractivity contribution in [3.05, 3.63) is 88.3 Å². The molecule has 26 heavy (non-hydrogen) atoms. The van der Waals surface area contributed by atoms with Gasteiger partial charge < -0.3 is 9.73 Å². The minimum Gasteiger partial charge on any atom is -0.420 e. The highest BCUT2D eigenvalue weighted by atomic mass is 16.4. The summed E-state index contributed by atoms with van der Waals surface area (Å²) in [7, 11) is 0. The zero-order valence-corrected chi connectivity index (χ0v) is 14.2. The third-order valence-corrected chi connectivity index (χ3v) is 3.89. The molecule has 1 aromatic heterocycles. The molecule has 0 saturated carbocycles. The first-order valence-electron chi connectivity index (χ1n) is 8.23. The number of hydrogen-bond acceptors (Lipinski definition) is 4. The molecule has 1 amide bonds. The largest absolute Gasteiger partial charge is 0.420 e. The smallest absolute Gasteiger partial charge is 0.360 e. The van der Waals surface area contributed by atoms with Gasteiger partial charge in [-0.2, -0.15) is 0 Å². The molecule has 0 radical (unpaired) electrons. The van der Waals surface area contributed by atoms with Crippen LogP contribution in [0.15, 0.2) is 75.9 Å². The van der Waals surface area contributed by atoms with Gasteiger partial charge in [-0.25, -0.2) is 4.79 Å². The molecule has 1 heterocycles. The van der Waals surface area contributed by atoms with Crippen molar-refractivity contribution in [3.8, 4) is 11.3 Å². The van der Waals surface area contributed by atoms with E-state index in [-0.39, 0.29) is 29.2 Å². The number of benzene rings is 2. The molecule has 2 aromatic carbocycles. The van der Waals surface area contributed by atoms with Crippen molar-refractivity contribution in [3.63, 3.8) is 0 Å². The number of carbonyl (C=O) groups is 2. The topological polar surface area (TPSA) is 76.4 Å². The van der Waals surface area contributed by atoms with Crippen LogP contribution in [0.4, 0.5) is 5.69 Å². The number of carbonyl (C=O) groups excluding carboxylic acids is 2. The van der Waals surface area contributed by atoms with Crippen molar-refractivity contribution < 1.29 is 14.0 Å². The lowest BCUT2D eigenvalue weighted by atomic mass is 10.0. The van der Waals surface area contributed by atoms with Crippen molar-refractivity contribution in [2.45, 2.75) is 13.3 Å². The van der Waals surface area contributed by atoms with Gasteiger partial charge in [0, 0.05) is 17.5 Å². The average molecular weight is 347 g/mol. The van der Waals surface area contributed by atoms with Crippen molar-refractivity contribution in [2.24, 2.45) is 0 Å². The Hall–Kier alpha value is -3.47. The van der Waals surface area contributed by atoms with Gasteiger partial charge in [-0.05, 0) is 18.2 Å². The molecule has 0 aliphatic heterocycles. The average Bonchev–Trinajstić information content (AvgIpc) is 2.70. The third-order valence-electron chi connectivity index (χ3n) is 3.89. The molecule has 5 heteroatoms. The molecule has 0 fully saturated rings. The van der Waals surface area contributed by atoms with Crippen LogP contribution < -0.4 is 10.9 Å². The summed E-state index contributed by atoms with van der Waals surface area (Å²) in [5.41, 5.74) is 0.530. The van der Waals surface area contributed by atoms with Gasteiger partial charge in [0.25, 0.3) is 5.91 Å². The first kappa shape index (κ1) is 17.4. The van der Waals surface area contributed by atoms with E-state index in [1.807, 2.05) is 6.07 Å². The summed E-state index contributed by atoms with van der Waals surface area (Å²) < 4.78 is 5.39. The Bertz CT molecular complexity index is 992. The lowest BCUT2D eigenvalue weighted by Gasteiger charge is -2.10. The van der Waals surface area contributed by atoms with Gasteiger partial charge in [0.1, 0.15) is 11.4 Å². The molecule has 0 spiro atoms. The maximum atomic E-state index is 12.4. The van der Waals surface area contributed by atoms with Gasteiger partial charge in [0.2, 0.25) is 0 Å². The van der Waals surface area contributed by atoms with Gasteiger partial charge in [0.15, 0.2) is 5.78 Å². The Morgan fingerprint density at radius 1 is 0.962 bits per heavy atom. The van der Waals surface area contributed by atoms with Crippen molar-refractivity contribution in [1.29, 1.82) is 0 Å². The minimum absolute atomic E-state index is 0.0599. The van der Waals surface area contributed by atoms with Gasteiger partial charge in [-0.3, -0.25) is 9.59 Å².